The number of halogens is 2. The van der Waals surface area contributed by atoms with Crippen molar-refractivity contribution in [3.8, 4) is 0 Å². The number of likely N-dealkylation sites (N-methyl/N-ethyl adjacent to an activating group) is 1. The number of carbonyl (C=O) groups is 2. The van der Waals surface area contributed by atoms with Crippen molar-refractivity contribution in [3.05, 3.63) is 53.3 Å². The van der Waals surface area contributed by atoms with Crippen molar-refractivity contribution in [2.45, 2.75) is 28.7 Å². The summed E-state index contributed by atoms with van der Waals surface area (Å²) in [5.41, 5.74) is 0.700. The van der Waals surface area contributed by atoms with Crippen LogP contribution in [-0.4, -0.2) is 42.9 Å². The standard InChI is InChI=1S/C20H21ClFN3O2S/c1-25(12-19(26)24-15-5-6-15)20(27)11-23-17-10-13(21)2-9-18(17)28-16-7-3-14(22)4-8-16/h2-4,7-10,15,23H,5-6,11-12H2,1H3,(H,24,26). The molecule has 1 fully saturated rings. The summed E-state index contributed by atoms with van der Waals surface area (Å²) in [7, 11) is 1.60. The maximum atomic E-state index is 13.1. The van der Waals surface area contributed by atoms with E-state index in [1.165, 1.54) is 28.8 Å². The number of nitrogens with one attached hydrogen (secondary N) is 2. The fourth-order valence-electron chi connectivity index (χ4n) is 2.47. The molecule has 2 N–H and O–H groups in total. The minimum Gasteiger partial charge on any atom is -0.375 e. The molecule has 0 aliphatic heterocycles. The molecule has 1 aliphatic carbocycles. The Balaban J connectivity index is 1.59. The minimum atomic E-state index is -0.293. The van der Waals surface area contributed by atoms with Gasteiger partial charge in [-0.25, -0.2) is 4.39 Å². The second kappa shape index (κ2) is 9.30. The van der Waals surface area contributed by atoms with Gasteiger partial charge in [0.2, 0.25) is 11.8 Å². The number of carbonyl (C=O) groups excluding carboxylic acids is 2. The fourth-order valence-corrected chi connectivity index (χ4v) is 3.54. The summed E-state index contributed by atoms with van der Waals surface area (Å²) in [6.07, 6.45) is 2.02. The SMILES string of the molecule is CN(CC(=O)NC1CC1)C(=O)CNc1cc(Cl)ccc1Sc1ccc(F)cc1. The topological polar surface area (TPSA) is 61.4 Å². The average molecular weight is 422 g/mol. The molecule has 0 aromatic heterocycles. The number of hydrogen-bond acceptors (Lipinski definition) is 4. The van der Waals surface area contributed by atoms with Crippen molar-refractivity contribution in [2.24, 2.45) is 0 Å². The van der Waals surface area contributed by atoms with Gasteiger partial charge in [0, 0.05) is 27.9 Å². The zero-order chi connectivity index (χ0) is 20.1. The maximum absolute atomic E-state index is 13.1. The highest BCUT2D eigenvalue weighted by Gasteiger charge is 2.24. The first-order valence-corrected chi connectivity index (χ1v) is 10.1. The minimum absolute atomic E-state index is 0.0315. The molecule has 3 rings (SSSR count). The number of hydrogen-bond donors (Lipinski definition) is 2. The Morgan fingerprint density at radius 3 is 2.61 bits per heavy atom. The van der Waals surface area contributed by atoms with Crippen molar-refractivity contribution in [2.75, 3.05) is 25.5 Å². The average Bonchev–Trinajstić information content (AvgIpc) is 3.47. The zero-order valence-corrected chi connectivity index (χ0v) is 16.9. The van der Waals surface area contributed by atoms with Gasteiger partial charge in [0.15, 0.2) is 0 Å². The molecule has 0 heterocycles. The first kappa shape index (κ1) is 20.5. The largest absolute Gasteiger partial charge is 0.375 e. The third-order valence-electron chi connectivity index (χ3n) is 4.16. The van der Waals surface area contributed by atoms with E-state index in [0.29, 0.717) is 10.7 Å². The van der Waals surface area contributed by atoms with Crippen LogP contribution in [0.5, 0.6) is 0 Å². The lowest BCUT2D eigenvalue weighted by molar-refractivity contribution is -0.133. The van der Waals surface area contributed by atoms with Gasteiger partial charge in [0.25, 0.3) is 0 Å². The van der Waals surface area contributed by atoms with E-state index in [-0.39, 0.29) is 36.8 Å². The van der Waals surface area contributed by atoms with E-state index in [2.05, 4.69) is 10.6 Å². The Labute approximate surface area is 172 Å². The summed E-state index contributed by atoms with van der Waals surface area (Å²) >= 11 is 7.53. The van der Waals surface area contributed by atoms with Crippen LogP contribution in [0.4, 0.5) is 10.1 Å². The number of amides is 2. The predicted octanol–water partition coefficient (Wildman–Crippen LogP) is 3.78. The van der Waals surface area contributed by atoms with Crippen molar-refractivity contribution in [3.63, 3.8) is 0 Å². The molecule has 148 valence electrons. The van der Waals surface area contributed by atoms with Crippen LogP contribution in [0.15, 0.2) is 52.3 Å². The molecule has 0 saturated heterocycles. The molecular formula is C20H21ClFN3O2S. The lowest BCUT2D eigenvalue weighted by Crippen LogP contribution is -2.41. The van der Waals surface area contributed by atoms with Crippen molar-refractivity contribution in [1.29, 1.82) is 0 Å². The molecule has 8 heteroatoms. The third kappa shape index (κ3) is 6.14. The molecule has 2 aromatic carbocycles. The highest BCUT2D eigenvalue weighted by molar-refractivity contribution is 7.99. The summed E-state index contributed by atoms with van der Waals surface area (Å²) < 4.78 is 13.1. The molecule has 0 radical (unpaired) electrons. The highest BCUT2D eigenvalue weighted by atomic mass is 35.5. The lowest BCUT2D eigenvalue weighted by atomic mass is 10.3. The van der Waals surface area contributed by atoms with E-state index < -0.39 is 0 Å². The second-order valence-corrected chi connectivity index (χ2v) is 8.19. The van der Waals surface area contributed by atoms with Gasteiger partial charge in [-0.05, 0) is 55.3 Å². The third-order valence-corrected chi connectivity index (χ3v) is 5.48. The van der Waals surface area contributed by atoms with E-state index >= 15 is 0 Å². The van der Waals surface area contributed by atoms with Gasteiger partial charge in [-0.3, -0.25) is 9.59 Å². The van der Waals surface area contributed by atoms with Gasteiger partial charge in [-0.15, -0.1) is 0 Å². The number of nitrogens with zero attached hydrogens (tertiary/aromatic N) is 1. The van der Waals surface area contributed by atoms with E-state index in [1.807, 2.05) is 6.07 Å². The summed E-state index contributed by atoms with van der Waals surface area (Å²) in [4.78, 5) is 27.3. The molecule has 0 bridgehead atoms. The molecule has 1 aliphatic rings. The molecule has 2 amide bonds. The van der Waals surface area contributed by atoms with Gasteiger partial charge in [0.05, 0.1) is 18.8 Å². The predicted molar refractivity (Wildman–Crippen MR) is 109 cm³/mol. The maximum Gasteiger partial charge on any atom is 0.242 e. The van der Waals surface area contributed by atoms with E-state index in [9.17, 15) is 14.0 Å². The lowest BCUT2D eigenvalue weighted by Gasteiger charge is -2.18. The van der Waals surface area contributed by atoms with Crippen LogP contribution in [0, 0.1) is 5.82 Å². The van der Waals surface area contributed by atoms with Crippen LogP contribution in [0.1, 0.15) is 12.8 Å². The van der Waals surface area contributed by atoms with Crippen LogP contribution in [-0.2, 0) is 9.59 Å². The molecule has 0 unspecified atom stereocenters. The van der Waals surface area contributed by atoms with Gasteiger partial charge < -0.3 is 15.5 Å². The summed E-state index contributed by atoms with van der Waals surface area (Å²) in [5, 5.41) is 6.49. The Hall–Kier alpha value is -2.25. The molecule has 1 saturated carbocycles. The van der Waals surface area contributed by atoms with E-state index in [1.54, 1.807) is 31.3 Å². The van der Waals surface area contributed by atoms with Crippen molar-refractivity contribution < 1.29 is 14.0 Å². The Kier molecular flexibility index (Phi) is 6.80. The summed E-state index contributed by atoms with van der Waals surface area (Å²) in [5.74, 6) is -0.643. The quantitative estimate of drug-likeness (QED) is 0.681. The molecule has 2 aromatic rings. The molecule has 5 nitrogen and oxygen atoms in total. The summed E-state index contributed by atoms with van der Waals surface area (Å²) in [6, 6.07) is 11.8. The summed E-state index contributed by atoms with van der Waals surface area (Å²) in [6.45, 7) is 0.0638. The molecule has 28 heavy (non-hydrogen) atoms. The van der Waals surface area contributed by atoms with Gasteiger partial charge in [-0.2, -0.15) is 0 Å². The van der Waals surface area contributed by atoms with Gasteiger partial charge >= 0.3 is 0 Å². The van der Waals surface area contributed by atoms with Gasteiger partial charge in [-0.1, -0.05) is 23.4 Å². The van der Waals surface area contributed by atoms with Gasteiger partial charge in [0.1, 0.15) is 5.82 Å². The van der Waals surface area contributed by atoms with Crippen LogP contribution < -0.4 is 10.6 Å². The van der Waals surface area contributed by atoms with Crippen molar-refractivity contribution in [1.82, 2.24) is 10.2 Å². The smallest absolute Gasteiger partial charge is 0.242 e. The Morgan fingerprint density at radius 2 is 1.93 bits per heavy atom. The van der Waals surface area contributed by atoms with Crippen LogP contribution in [0.25, 0.3) is 0 Å². The highest BCUT2D eigenvalue weighted by Crippen LogP contribution is 2.35. The van der Waals surface area contributed by atoms with Crippen molar-refractivity contribution >= 4 is 40.9 Å². The number of rotatable bonds is 8. The van der Waals surface area contributed by atoms with Crippen LogP contribution >= 0.6 is 23.4 Å². The normalized spacial score (nSPS) is 13.1. The zero-order valence-electron chi connectivity index (χ0n) is 15.4. The molecular weight excluding hydrogens is 401 g/mol. The molecule has 0 spiro atoms. The first-order chi connectivity index (χ1) is 13.4. The Morgan fingerprint density at radius 1 is 1.21 bits per heavy atom. The van der Waals surface area contributed by atoms with E-state index in [0.717, 1.165) is 22.6 Å². The monoisotopic (exact) mass is 421 g/mol. The number of benzene rings is 2. The van der Waals surface area contributed by atoms with Crippen LogP contribution in [0.2, 0.25) is 5.02 Å². The van der Waals surface area contributed by atoms with Crippen LogP contribution in [0.3, 0.4) is 0 Å². The second-order valence-electron chi connectivity index (χ2n) is 6.64. The first-order valence-electron chi connectivity index (χ1n) is 8.91. The fraction of sp³-hybridized carbons (Fsp3) is 0.300. The number of anilines is 1. The van der Waals surface area contributed by atoms with E-state index in [4.69, 9.17) is 11.6 Å². The molecule has 0 atom stereocenters. The Bertz CT molecular complexity index is 859.